The van der Waals surface area contributed by atoms with Gasteiger partial charge in [-0.15, -0.1) is 0 Å². The Hall–Kier alpha value is -0.160. The molecule has 124 valence electrons. The summed E-state index contributed by atoms with van der Waals surface area (Å²) in [4.78, 5) is 2.59. The van der Waals surface area contributed by atoms with Gasteiger partial charge < -0.3 is 15.2 Å². The topological polar surface area (TPSA) is 47.7 Å². The van der Waals surface area contributed by atoms with E-state index in [0.717, 1.165) is 32.5 Å². The van der Waals surface area contributed by atoms with Crippen LogP contribution in [0.1, 0.15) is 54.4 Å². The first-order valence-electron chi connectivity index (χ1n) is 8.36. The average Bonchev–Trinajstić information content (AvgIpc) is 2.35. The summed E-state index contributed by atoms with van der Waals surface area (Å²) >= 11 is 0. The van der Waals surface area contributed by atoms with Crippen LogP contribution in [0.3, 0.4) is 0 Å². The van der Waals surface area contributed by atoms with Crippen molar-refractivity contribution in [3.63, 3.8) is 0 Å². The van der Waals surface area contributed by atoms with Crippen molar-refractivity contribution in [1.29, 1.82) is 0 Å². The number of hydrogen-bond acceptors (Lipinski definition) is 4. The van der Waals surface area contributed by atoms with Crippen molar-refractivity contribution < 1.29 is 9.47 Å². The van der Waals surface area contributed by atoms with Crippen molar-refractivity contribution in [2.45, 2.75) is 77.2 Å². The summed E-state index contributed by atoms with van der Waals surface area (Å²) in [6, 6.07) is 0. The van der Waals surface area contributed by atoms with Crippen LogP contribution in [-0.4, -0.2) is 54.0 Å². The first kappa shape index (κ1) is 17.2. The lowest BCUT2D eigenvalue weighted by atomic mass is 9.79. The van der Waals surface area contributed by atoms with Gasteiger partial charge in [0.15, 0.2) is 0 Å². The molecule has 2 N–H and O–H groups in total. The number of nitrogens with zero attached hydrogens (tertiary/aromatic N) is 1. The van der Waals surface area contributed by atoms with Crippen molar-refractivity contribution in [2.75, 3.05) is 26.2 Å². The molecule has 0 amide bonds. The number of ether oxygens (including phenoxy) is 2. The van der Waals surface area contributed by atoms with Crippen LogP contribution < -0.4 is 5.73 Å². The number of rotatable bonds is 3. The van der Waals surface area contributed by atoms with Crippen LogP contribution in [0.25, 0.3) is 0 Å². The Balaban J connectivity index is 2.23. The maximum atomic E-state index is 6.27. The van der Waals surface area contributed by atoms with Crippen LogP contribution in [-0.2, 0) is 9.47 Å². The Morgan fingerprint density at radius 1 is 1.14 bits per heavy atom. The molecule has 0 aromatic carbocycles. The fraction of sp³-hybridized carbons (Fsp3) is 1.00. The fourth-order valence-corrected chi connectivity index (χ4v) is 4.09. The zero-order chi connectivity index (χ0) is 15.9. The summed E-state index contributed by atoms with van der Waals surface area (Å²) in [5, 5.41) is 0. The van der Waals surface area contributed by atoms with E-state index in [1.165, 1.54) is 0 Å². The fourth-order valence-electron chi connectivity index (χ4n) is 4.09. The van der Waals surface area contributed by atoms with E-state index in [1.54, 1.807) is 0 Å². The van der Waals surface area contributed by atoms with Crippen molar-refractivity contribution in [1.82, 2.24) is 4.90 Å². The third-order valence-electron chi connectivity index (χ3n) is 4.97. The molecule has 2 heterocycles. The van der Waals surface area contributed by atoms with E-state index in [4.69, 9.17) is 15.2 Å². The predicted molar refractivity (Wildman–Crippen MR) is 86.4 cm³/mol. The van der Waals surface area contributed by atoms with E-state index in [9.17, 15) is 0 Å². The molecule has 2 rings (SSSR count). The minimum absolute atomic E-state index is 0.0610. The van der Waals surface area contributed by atoms with Gasteiger partial charge in [0.05, 0.1) is 17.3 Å². The average molecular weight is 298 g/mol. The second-order valence-corrected chi connectivity index (χ2v) is 8.51. The van der Waals surface area contributed by atoms with Gasteiger partial charge in [0.25, 0.3) is 0 Å². The molecule has 0 radical (unpaired) electrons. The highest BCUT2D eigenvalue weighted by Gasteiger charge is 2.48. The Kier molecular flexibility index (Phi) is 4.75. The quantitative estimate of drug-likeness (QED) is 0.869. The molecule has 2 saturated heterocycles. The molecule has 0 aliphatic carbocycles. The number of morpholine rings is 1. The molecule has 0 spiro atoms. The summed E-state index contributed by atoms with van der Waals surface area (Å²) in [6.45, 7) is 16.6. The minimum Gasteiger partial charge on any atom is -0.378 e. The van der Waals surface area contributed by atoms with Crippen LogP contribution >= 0.6 is 0 Å². The van der Waals surface area contributed by atoms with E-state index in [1.807, 2.05) is 0 Å². The van der Waals surface area contributed by atoms with Crippen molar-refractivity contribution >= 4 is 0 Å². The van der Waals surface area contributed by atoms with Crippen LogP contribution in [0.5, 0.6) is 0 Å². The van der Waals surface area contributed by atoms with Crippen molar-refractivity contribution in [3.05, 3.63) is 0 Å². The summed E-state index contributed by atoms with van der Waals surface area (Å²) in [5.74, 6) is 0.540. The molecule has 0 bridgehead atoms. The maximum absolute atomic E-state index is 6.27. The van der Waals surface area contributed by atoms with Crippen molar-refractivity contribution in [2.24, 2.45) is 11.7 Å². The highest BCUT2D eigenvalue weighted by molar-refractivity contribution is 5.02. The number of nitrogens with two attached hydrogens (primary N) is 1. The van der Waals surface area contributed by atoms with E-state index < -0.39 is 0 Å². The molecule has 4 heteroatoms. The zero-order valence-corrected chi connectivity index (χ0v) is 14.7. The lowest BCUT2D eigenvalue weighted by Crippen LogP contribution is -2.68. The highest BCUT2D eigenvalue weighted by atomic mass is 16.5. The Morgan fingerprint density at radius 2 is 1.71 bits per heavy atom. The van der Waals surface area contributed by atoms with Gasteiger partial charge in [-0.25, -0.2) is 0 Å². The number of hydrogen-bond donors (Lipinski definition) is 1. The third kappa shape index (κ3) is 3.79. The monoisotopic (exact) mass is 298 g/mol. The van der Waals surface area contributed by atoms with E-state index >= 15 is 0 Å². The largest absolute Gasteiger partial charge is 0.378 e. The Bertz CT molecular complexity index is 352. The lowest BCUT2D eigenvalue weighted by Gasteiger charge is -2.56. The standard InChI is InChI=1S/C17H34N2O2/c1-13(2)14-9-17(10-18,7-8-20-14)19-11-15(3,4)21-16(5,6)12-19/h13-14H,7-12,18H2,1-6H3. The van der Waals surface area contributed by atoms with Crippen molar-refractivity contribution in [3.8, 4) is 0 Å². The summed E-state index contributed by atoms with van der Waals surface area (Å²) < 4.78 is 12.2. The van der Waals surface area contributed by atoms with E-state index in [-0.39, 0.29) is 16.7 Å². The van der Waals surface area contributed by atoms with Gasteiger partial charge in [0.1, 0.15) is 0 Å². The second-order valence-electron chi connectivity index (χ2n) is 8.51. The third-order valence-corrected chi connectivity index (χ3v) is 4.97. The minimum atomic E-state index is -0.129. The summed E-state index contributed by atoms with van der Waals surface area (Å²) in [5.41, 5.74) is 6.07. The van der Waals surface area contributed by atoms with Crippen LogP contribution in [0.15, 0.2) is 0 Å². The Morgan fingerprint density at radius 3 is 2.19 bits per heavy atom. The summed E-state index contributed by atoms with van der Waals surface area (Å²) in [7, 11) is 0. The maximum Gasteiger partial charge on any atom is 0.0761 e. The first-order chi connectivity index (χ1) is 9.59. The smallest absolute Gasteiger partial charge is 0.0761 e. The summed E-state index contributed by atoms with van der Waals surface area (Å²) in [6.07, 6.45) is 2.38. The molecule has 0 saturated carbocycles. The molecular weight excluding hydrogens is 264 g/mol. The molecular formula is C17H34N2O2. The molecule has 2 aliphatic rings. The first-order valence-corrected chi connectivity index (χ1v) is 8.36. The van der Waals surface area contributed by atoms with E-state index in [0.29, 0.717) is 18.6 Å². The molecule has 21 heavy (non-hydrogen) atoms. The molecule has 2 fully saturated rings. The molecule has 0 aromatic rings. The predicted octanol–water partition coefficient (Wildman–Crippen LogP) is 2.41. The second kappa shape index (κ2) is 5.80. The van der Waals surface area contributed by atoms with Gasteiger partial charge in [0.2, 0.25) is 0 Å². The molecule has 2 atom stereocenters. The highest BCUT2D eigenvalue weighted by Crippen LogP contribution is 2.38. The molecule has 0 aromatic heterocycles. The van der Waals surface area contributed by atoms with Crippen LogP contribution in [0.4, 0.5) is 0 Å². The van der Waals surface area contributed by atoms with Gasteiger partial charge in [-0.3, -0.25) is 4.90 Å². The molecule has 4 nitrogen and oxygen atoms in total. The molecule has 2 aliphatic heterocycles. The van der Waals surface area contributed by atoms with Crippen LogP contribution in [0, 0.1) is 5.92 Å². The van der Waals surface area contributed by atoms with Gasteiger partial charge in [-0.2, -0.15) is 0 Å². The molecule has 2 unspecified atom stereocenters. The zero-order valence-electron chi connectivity index (χ0n) is 14.7. The Labute approximate surface area is 130 Å². The van der Waals surface area contributed by atoms with Gasteiger partial charge in [-0.1, -0.05) is 13.8 Å². The van der Waals surface area contributed by atoms with Gasteiger partial charge in [0, 0.05) is 31.8 Å². The van der Waals surface area contributed by atoms with Gasteiger partial charge >= 0.3 is 0 Å². The normalized spacial score (nSPS) is 36.9. The van der Waals surface area contributed by atoms with Crippen LogP contribution in [0.2, 0.25) is 0 Å². The van der Waals surface area contributed by atoms with E-state index in [2.05, 4.69) is 46.4 Å². The van der Waals surface area contributed by atoms with Gasteiger partial charge in [-0.05, 0) is 46.5 Å². The SMILES string of the molecule is CC(C)C1CC(CN)(N2CC(C)(C)OC(C)(C)C2)CCO1. The lowest BCUT2D eigenvalue weighted by molar-refractivity contribution is -0.211.